The fraction of sp³-hybridized carbons (Fsp3) is 0.733. The molecule has 0 radical (unpaired) electrons. The molecule has 2 heterocycles. The van der Waals surface area contributed by atoms with Gasteiger partial charge in [0, 0.05) is 30.7 Å². The summed E-state index contributed by atoms with van der Waals surface area (Å²) in [5, 5.41) is 4.52. The predicted octanol–water partition coefficient (Wildman–Crippen LogP) is 3.51. The summed E-state index contributed by atoms with van der Waals surface area (Å²) in [6.45, 7) is 12.7. The number of aryl methyl sites for hydroxylation is 1. The van der Waals surface area contributed by atoms with E-state index in [1.807, 2.05) is 6.20 Å². The van der Waals surface area contributed by atoms with Gasteiger partial charge in [-0.05, 0) is 32.1 Å². The zero-order chi connectivity index (χ0) is 14.5. The minimum absolute atomic E-state index is 0. The van der Waals surface area contributed by atoms with Gasteiger partial charge in [0.25, 0.3) is 0 Å². The van der Waals surface area contributed by atoms with Crippen molar-refractivity contribution in [3.63, 3.8) is 0 Å². The molecule has 2 atom stereocenters. The SMILES string of the molecule is CCNC(=NCc1ncc(C)s1)N1CC(C)CC(C)C1.I. The molecule has 0 bridgehead atoms. The first-order valence-electron chi connectivity index (χ1n) is 7.53. The van der Waals surface area contributed by atoms with E-state index in [0.29, 0.717) is 6.54 Å². The molecule has 6 heteroatoms. The van der Waals surface area contributed by atoms with Crippen molar-refractivity contribution in [1.82, 2.24) is 15.2 Å². The fourth-order valence-corrected chi connectivity index (χ4v) is 3.59. The fourth-order valence-electron chi connectivity index (χ4n) is 2.88. The molecule has 1 aromatic rings. The smallest absolute Gasteiger partial charge is 0.194 e. The Bertz CT molecular complexity index is 450. The zero-order valence-electron chi connectivity index (χ0n) is 13.4. The molecule has 1 fully saturated rings. The number of hydrogen-bond donors (Lipinski definition) is 1. The molecule has 120 valence electrons. The Morgan fingerprint density at radius 2 is 2.10 bits per heavy atom. The number of aromatic nitrogens is 1. The predicted molar refractivity (Wildman–Crippen MR) is 102 cm³/mol. The van der Waals surface area contributed by atoms with Crippen molar-refractivity contribution >= 4 is 41.3 Å². The van der Waals surface area contributed by atoms with Gasteiger partial charge in [-0.3, -0.25) is 0 Å². The number of halogens is 1. The number of nitrogens with one attached hydrogen (secondary N) is 1. The highest BCUT2D eigenvalue weighted by Crippen LogP contribution is 2.21. The highest BCUT2D eigenvalue weighted by Gasteiger charge is 2.23. The van der Waals surface area contributed by atoms with E-state index in [2.05, 4.69) is 42.9 Å². The van der Waals surface area contributed by atoms with Gasteiger partial charge in [-0.1, -0.05) is 13.8 Å². The van der Waals surface area contributed by atoms with Crippen LogP contribution in [-0.4, -0.2) is 35.5 Å². The van der Waals surface area contributed by atoms with Crippen molar-refractivity contribution in [2.24, 2.45) is 16.8 Å². The Morgan fingerprint density at radius 1 is 1.43 bits per heavy atom. The standard InChI is InChI=1S/C15H26N4S.HI/c1-5-16-15(18-8-14-17-7-13(4)20-14)19-9-11(2)6-12(3)10-19;/h7,11-12H,5-6,8-10H2,1-4H3,(H,16,18);1H. The monoisotopic (exact) mass is 422 g/mol. The van der Waals surface area contributed by atoms with E-state index in [1.165, 1.54) is 11.3 Å². The molecule has 0 spiro atoms. The lowest BCUT2D eigenvalue weighted by atomic mass is 9.92. The summed E-state index contributed by atoms with van der Waals surface area (Å²) in [7, 11) is 0. The summed E-state index contributed by atoms with van der Waals surface area (Å²) >= 11 is 1.73. The Balaban J connectivity index is 0.00000220. The van der Waals surface area contributed by atoms with Crippen molar-refractivity contribution < 1.29 is 0 Å². The highest BCUT2D eigenvalue weighted by atomic mass is 127. The molecule has 0 amide bonds. The van der Waals surface area contributed by atoms with E-state index >= 15 is 0 Å². The van der Waals surface area contributed by atoms with Crippen LogP contribution in [0.3, 0.4) is 0 Å². The van der Waals surface area contributed by atoms with E-state index in [0.717, 1.165) is 42.4 Å². The second-order valence-corrected chi connectivity index (χ2v) is 7.21. The van der Waals surface area contributed by atoms with Crippen molar-refractivity contribution in [1.29, 1.82) is 0 Å². The van der Waals surface area contributed by atoms with E-state index in [1.54, 1.807) is 11.3 Å². The second-order valence-electron chi connectivity index (χ2n) is 5.89. The van der Waals surface area contributed by atoms with Gasteiger partial charge in [0.05, 0.1) is 6.54 Å². The van der Waals surface area contributed by atoms with E-state index < -0.39 is 0 Å². The number of nitrogens with zero attached hydrogens (tertiary/aromatic N) is 3. The third-order valence-electron chi connectivity index (χ3n) is 3.54. The molecule has 4 nitrogen and oxygen atoms in total. The molecular weight excluding hydrogens is 395 g/mol. The quantitative estimate of drug-likeness (QED) is 0.461. The zero-order valence-corrected chi connectivity index (χ0v) is 16.6. The van der Waals surface area contributed by atoms with Gasteiger partial charge in [0.1, 0.15) is 5.01 Å². The van der Waals surface area contributed by atoms with Gasteiger partial charge in [-0.2, -0.15) is 0 Å². The maximum Gasteiger partial charge on any atom is 0.194 e. The Kier molecular flexibility index (Phi) is 7.94. The molecule has 1 aliphatic heterocycles. The minimum Gasteiger partial charge on any atom is -0.357 e. The third-order valence-corrected chi connectivity index (χ3v) is 4.43. The molecular formula is C15H27IN4S. The van der Waals surface area contributed by atoms with Crippen LogP contribution < -0.4 is 5.32 Å². The van der Waals surface area contributed by atoms with E-state index in [9.17, 15) is 0 Å². The van der Waals surface area contributed by atoms with Crippen molar-refractivity contribution in [2.45, 2.75) is 40.7 Å². The number of guanidine groups is 1. The van der Waals surface area contributed by atoms with Gasteiger partial charge >= 0.3 is 0 Å². The van der Waals surface area contributed by atoms with Gasteiger partial charge in [-0.25, -0.2) is 9.98 Å². The van der Waals surface area contributed by atoms with Crippen molar-refractivity contribution in [3.05, 3.63) is 16.1 Å². The van der Waals surface area contributed by atoms with E-state index in [4.69, 9.17) is 4.99 Å². The van der Waals surface area contributed by atoms with Crippen LogP contribution in [0.15, 0.2) is 11.2 Å². The Labute approximate surface area is 149 Å². The molecule has 2 rings (SSSR count). The number of piperidine rings is 1. The number of thiazole rings is 1. The third kappa shape index (κ3) is 5.73. The van der Waals surface area contributed by atoms with Gasteiger partial charge < -0.3 is 10.2 Å². The number of aliphatic imine (C=N–C) groups is 1. The summed E-state index contributed by atoms with van der Waals surface area (Å²) in [5.41, 5.74) is 0. The van der Waals surface area contributed by atoms with Crippen LogP contribution >= 0.6 is 35.3 Å². The molecule has 1 N–H and O–H groups in total. The molecule has 0 aromatic carbocycles. The lowest BCUT2D eigenvalue weighted by Crippen LogP contribution is -2.48. The molecule has 21 heavy (non-hydrogen) atoms. The highest BCUT2D eigenvalue weighted by molar-refractivity contribution is 14.0. The summed E-state index contributed by atoms with van der Waals surface area (Å²) in [5.74, 6) is 2.52. The first-order valence-corrected chi connectivity index (χ1v) is 8.34. The van der Waals surface area contributed by atoms with Crippen LogP contribution in [0.5, 0.6) is 0 Å². The minimum atomic E-state index is 0. The van der Waals surface area contributed by atoms with Crippen LogP contribution in [0, 0.1) is 18.8 Å². The average Bonchev–Trinajstić information content (AvgIpc) is 2.79. The summed E-state index contributed by atoms with van der Waals surface area (Å²) < 4.78 is 0. The molecule has 0 aliphatic carbocycles. The van der Waals surface area contributed by atoms with Crippen molar-refractivity contribution in [2.75, 3.05) is 19.6 Å². The lowest BCUT2D eigenvalue weighted by molar-refractivity contribution is 0.208. The average molecular weight is 422 g/mol. The van der Waals surface area contributed by atoms with Gasteiger partial charge in [0.15, 0.2) is 5.96 Å². The molecule has 2 unspecified atom stereocenters. The topological polar surface area (TPSA) is 40.5 Å². The Morgan fingerprint density at radius 3 is 2.62 bits per heavy atom. The van der Waals surface area contributed by atoms with E-state index in [-0.39, 0.29) is 24.0 Å². The van der Waals surface area contributed by atoms with Crippen LogP contribution in [-0.2, 0) is 6.54 Å². The molecule has 1 aromatic heterocycles. The summed E-state index contributed by atoms with van der Waals surface area (Å²) in [4.78, 5) is 12.8. The Hall–Kier alpha value is -0.370. The normalized spacial score (nSPS) is 22.9. The molecule has 0 saturated carbocycles. The van der Waals surface area contributed by atoms with Gasteiger partial charge in [-0.15, -0.1) is 35.3 Å². The maximum absolute atomic E-state index is 4.77. The lowest BCUT2D eigenvalue weighted by Gasteiger charge is -2.37. The number of likely N-dealkylation sites (tertiary alicyclic amines) is 1. The number of hydrogen-bond acceptors (Lipinski definition) is 3. The van der Waals surface area contributed by atoms with Crippen LogP contribution in [0.2, 0.25) is 0 Å². The first-order chi connectivity index (χ1) is 9.58. The maximum atomic E-state index is 4.77. The molecule has 1 aliphatic rings. The van der Waals surface area contributed by atoms with Crippen molar-refractivity contribution in [3.8, 4) is 0 Å². The second kappa shape index (κ2) is 8.92. The van der Waals surface area contributed by atoms with Gasteiger partial charge in [0.2, 0.25) is 0 Å². The van der Waals surface area contributed by atoms with Crippen LogP contribution in [0.1, 0.15) is 37.1 Å². The summed E-state index contributed by atoms with van der Waals surface area (Å²) in [6.07, 6.45) is 3.25. The number of rotatable bonds is 3. The van der Waals surface area contributed by atoms with Crippen LogP contribution in [0.25, 0.3) is 0 Å². The molecule has 1 saturated heterocycles. The summed E-state index contributed by atoms with van der Waals surface area (Å²) in [6, 6.07) is 0. The first kappa shape index (κ1) is 18.7. The van der Waals surface area contributed by atoms with Crippen LogP contribution in [0.4, 0.5) is 0 Å². The largest absolute Gasteiger partial charge is 0.357 e.